The molecule has 0 bridgehead atoms. The molecule has 176 valence electrons. The van der Waals surface area contributed by atoms with Crippen LogP contribution in [0.3, 0.4) is 0 Å². The van der Waals surface area contributed by atoms with E-state index >= 15 is 0 Å². The summed E-state index contributed by atoms with van der Waals surface area (Å²) in [7, 11) is 0. The first-order valence-corrected chi connectivity index (χ1v) is 11.1. The van der Waals surface area contributed by atoms with Gasteiger partial charge in [-0.1, -0.05) is 0 Å². The van der Waals surface area contributed by atoms with E-state index in [9.17, 15) is 14.4 Å². The molecule has 0 atom stereocenters. The molecule has 3 aliphatic rings. The number of nitrogens with zero attached hydrogens (tertiary/aromatic N) is 2. The third-order valence-corrected chi connectivity index (χ3v) is 6.03. The Labute approximate surface area is 194 Å². The van der Waals surface area contributed by atoms with Gasteiger partial charge in [-0.15, -0.1) is 12.4 Å². The van der Waals surface area contributed by atoms with Gasteiger partial charge in [0.15, 0.2) is 6.61 Å². The van der Waals surface area contributed by atoms with E-state index in [1.54, 1.807) is 24.3 Å². The van der Waals surface area contributed by atoms with Crippen LogP contribution in [0.2, 0.25) is 0 Å². The average Bonchev–Trinajstić information content (AvgIpc) is 2.79. The second-order valence-electron chi connectivity index (χ2n) is 8.20. The Bertz CT molecular complexity index is 792. The molecule has 0 aromatic heterocycles. The third-order valence-electron chi connectivity index (χ3n) is 6.03. The highest BCUT2D eigenvalue weighted by atomic mass is 35.5. The summed E-state index contributed by atoms with van der Waals surface area (Å²) in [6.45, 7) is 3.76. The number of hydrogen-bond donors (Lipinski definition) is 2. The maximum absolute atomic E-state index is 12.5. The smallest absolute Gasteiger partial charge is 0.328 e. The lowest BCUT2D eigenvalue weighted by Crippen LogP contribution is -2.49. The summed E-state index contributed by atoms with van der Waals surface area (Å²) in [5.74, 6) is 0.273. The van der Waals surface area contributed by atoms with Gasteiger partial charge in [-0.2, -0.15) is 0 Å². The number of carbonyl (C=O) groups excluding carboxylic acids is 3. The van der Waals surface area contributed by atoms with Crippen LogP contribution >= 0.6 is 12.4 Å². The van der Waals surface area contributed by atoms with Crippen molar-refractivity contribution in [1.29, 1.82) is 0 Å². The highest BCUT2D eigenvalue weighted by molar-refractivity contribution is 6.05. The molecular weight excluding hydrogens is 436 g/mol. The van der Waals surface area contributed by atoms with Gasteiger partial charge in [0.1, 0.15) is 5.75 Å². The van der Waals surface area contributed by atoms with Crippen molar-refractivity contribution < 1.29 is 23.9 Å². The van der Waals surface area contributed by atoms with Crippen LogP contribution in [0.1, 0.15) is 32.1 Å². The molecule has 1 aromatic carbocycles. The number of ether oxygens (including phenoxy) is 2. The number of nitrogens with one attached hydrogen (secondary N) is 2. The summed E-state index contributed by atoms with van der Waals surface area (Å²) in [6.07, 6.45) is 4.71. The van der Waals surface area contributed by atoms with Crippen LogP contribution in [-0.4, -0.2) is 74.3 Å². The molecule has 10 heteroatoms. The first-order valence-electron chi connectivity index (χ1n) is 11.1. The lowest BCUT2D eigenvalue weighted by atomic mass is 10.1. The summed E-state index contributed by atoms with van der Waals surface area (Å²) < 4.78 is 11.9. The van der Waals surface area contributed by atoms with Gasteiger partial charge in [0.25, 0.3) is 5.91 Å². The van der Waals surface area contributed by atoms with Crippen LogP contribution in [0.4, 0.5) is 10.5 Å². The number of likely N-dealkylation sites (tertiary alicyclic amines) is 1. The molecule has 3 saturated heterocycles. The van der Waals surface area contributed by atoms with Crippen molar-refractivity contribution in [1.82, 2.24) is 15.5 Å². The summed E-state index contributed by atoms with van der Waals surface area (Å²) in [5.41, 5.74) is 0.680. The SMILES string of the molecule is Cl.O=C1CCN(c2ccc(OCC(=O)N3CCC(OC4CCNCC4)CC3)cc2)C(=O)N1. The topological polar surface area (TPSA) is 100 Å². The molecule has 0 unspecified atom stereocenters. The fraction of sp³-hybridized carbons (Fsp3) is 0.591. The predicted octanol–water partition coefficient (Wildman–Crippen LogP) is 1.69. The van der Waals surface area contributed by atoms with Gasteiger partial charge in [-0.25, -0.2) is 4.79 Å². The summed E-state index contributed by atoms with van der Waals surface area (Å²) in [5, 5.41) is 5.65. The lowest BCUT2D eigenvalue weighted by Gasteiger charge is -2.35. The summed E-state index contributed by atoms with van der Waals surface area (Å²) >= 11 is 0. The fourth-order valence-corrected chi connectivity index (χ4v) is 4.21. The molecule has 2 N–H and O–H groups in total. The minimum atomic E-state index is -0.423. The number of imide groups is 1. The van der Waals surface area contributed by atoms with Gasteiger partial charge >= 0.3 is 6.03 Å². The van der Waals surface area contributed by atoms with Crippen LogP contribution in [0.25, 0.3) is 0 Å². The molecule has 32 heavy (non-hydrogen) atoms. The third kappa shape index (κ3) is 6.34. The zero-order valence-electron chi connectivity index (χ0n) is 18.1. The van der Waals surface area contributed by atoms with Crippen molar-refractivity contribution in [2.45, 2.75) is 44.3 Å². The second-order valence-corrected chi connectivity index (χ2v) is 8.20. The highest BCUT2D eigenvalue weighted by Gasteiger charge is 2.27. The number of hydrogen-bond acceptors (Lipinski definition) is 6. The number of halogens is 1. The maximum Gasteiger partial charge on any atom is 0.328 e. The van der Waals surface area contributed by atoms with E-state index in [0.717, 1.165) is 38.8 Å². The van der Waals surface area contributed by atoms with Crippen molar-refractivity contribution in [2.24, 2.45) is 0 Å². The van der Waals surface area contributed by atoms with Gasteiger partial charge < -0.3 is 19.7 Å². The van der Waals surface area contributed by atoms with E-state index in [1.807, 2.05) is 4.90 Å². The number of urea groups is 1. The van der Waals surface area contributed by atoms with Crippen molar-refractivity contribution >= 4 is 35.9 Å². The largest absolute Gasteiger partial charge is 0.484 e. The van der Waals surface area contributed by atoms with Crippen molar-refractivity contribution in [3.8, 4) is 5.75 Å². The van der Waals surface area contributed by atoms with E-state index < -0.39 is 6.03 Å². The Morgan fingerprint density at radius 1 is 0.969 bits per heavy atom. The van der Waals surface area contributed by atoms with Crippen molar-refractivity contribution in [3.63, 3.8) is 0 Å². The molecule has 0 spiro atoms. The quantitative estimate of drug-likeness (QED) is 0.661. The van der Waals surface area contributed by atoms with E-state index in [-0.39, 0.29) is 43.4 Å². The fourth-order valence-electron chi connectivity index (χ4n) is 4.21. The summed E-state index contributed by atoms with van der Waals surface area (Å²) in [6, 6.07) is 6.53. The number of piperidine rings is 2. The molecule has 1 aromatic rings. The molecule has 3 fully saturated rings. The Morgan fingerprint density at radius 2 is 1.62 bits per heavy atom. The number of amides is 4. The van der Waals surface area contributed by atoms with Crippen molar-refractivity contribution in [2.75, 3.05) is 44.2 Å². The van der Waals surface area contributed by atoms with E-state index in [2.05, 4.69) is 10.6 Å². The van der Waals surface area contributed by atoms with E-state index in [4.69, 9.17) is 9.47 Å². The molecule has 4 rings (SSSR count). The zero-order valence-corrected chi connectivity index (χ0v) is 18.9. The van der Waals surface area contributed by atoms with Crippen LogP contribution in [0.15, 0.2) is 24.3 Å². The summed E-state index contributed by atoms with van der Waals surface area (Å²) in [4.78, 5) is 39.0. The van der Waals surface area contributed by atoms with Gasteiger partial charge in [0.2, 0.25) is 5.91 Å². The molecule has 0 radical (unpaired) electrons. The molecule has 3 aliphatic heterocycles. The first-order chi connectivity index (χ1) is 15.1. The molecule has 0 aliphatic carbocycles. The van der Waals surface area contributed by atoms with E-state index in [0.29, 0.717) is 37.2 Å². The van der Waals surface area contributed by atoms with Crippen molar-refractivity contribution in [3.05, 3.63) is 24.3 Å². The molecule has 0 saturated carbocycles. The minimum Gasteiger partial charge on any atom is -0.484 e. The van der Waals surface area contributed by atoms with Crippen LogP contribution in [0.5, 0.6) is 5.75 Å². The molecular formula is C22H31ClN4O5. The predicted molar refractivity (Wildman–Crippen MR) is 121 cm³/mol. The first kappa shape index (κ1) is 24.3. The minimum absolute atomic E-state index is 0. The second kappa shape index (κ2) is 11.5. The molecule has 3 heterocycles. The Kier molecular flexibility index (Phi) is 8.72. The number of anilines is 1. The highest BCUT2D eigenvalue weighted by Crippen LogP contribution is 2.22. The number of benzene rings is 1. The Balaban J connectivity index is 0.00000289. The Morgan fingerprint density at radius 3 is 2.28 bits per heavy atom. The molecule has 4 amide bonds. The monoisotopic (exact) mass is 466 g/mol. The zero-order chi connectivity index (χ0) is 21.6. The van der Waals surface area contributed by atoms with E-state index in [1.165, 1.54) is 4.90 Å². The standard InChI is InChI=1S/C22H30N4O5.ClH/c27-20-9-14-26(22(29)24-20)16-1-3-17(4-2-16)30-15-21(28)25-12-7-19(8-13-25)31-18-5-10-23-11-6-18;/h1-4,18-19,23H,5-15H2,(H,24,27,29);1H. The number of carbonyl (C=O) groups is 3. The van der Waals surface area contributed by atoms with Gasteiger partial charge in [0.05, 0.1) is 12.2 Å². The van der Waals surface area contributed by atoms with Crippen LogP contribution in [-0.2, 0) is 14.3 Å². The number of rotatable bonds is 6. The average molecular weight is 467 g/mol. The Hall–Kier alpha value is -2.36. The van der Waals surface area contributed by atoms with Gasteiger partial charge in [0, 0.05) is 31.7 Å². The van der Waals surface area contributed by atoms with Crippen LogP contribution in [0, 0.1) is 0 Å². The van der Waals surface area contributed by atoms with Crippen LogP contribution < -0.4 is 20.3 Å². The lowest BCUT2D eigenvalue weighted by molar-refractivity contribution is -0.137. The van der Waals surface area contributed by atoms with Gasteiger partial charge in [-0.05, 0) is 63.0 Å². The maximum atomic E-state index is 12.5. The van der Waals surface area contributed by atoms with Gasteiger partial charge in [-0.3, -0.25) is 19.8 Å². The molecule has 9 nitrogen and oxygen atoms in total. The normalized spacial score (nSPS) is 20.5.